The number of anilines is 1. The van der Waals surface area contributed by atoms with Crippen molar-refractivity contribution in [2.24, 2.45) is 0 Å². The SMILES string of the molecule is Cc1cnn(Cc2cc(F)ccc2F)c1NC(=O)c1c(C)noc1C. The summed E-state index contributed by atoms with van der Waals surface area (Å²) in [6.07, 6.45) is 1.54. The van der Waals surface area contributed by atoms with Crippen LogP contribution in [-0.4, -0.2) is 20.8 Å². The molecule has 8 heteroatoms. The molecule has 0 fully saturated rings. The number of carbonyl (C=O) groups excluding carboxylic acids is 1. The van der Waals surface area contributed by atoms with Crippen LogP contribution in [0.25, 0.3) is 0 Å². The van der Waals surface area contributed by atoms with E-state index in [-0.39, 0.29) is 12.1 Å². The number of amides is 1. The molecular weight excluding hydrogens is 330 g/mol. The van der Waals surface area contributed by atoms with Crippen molar-refractivity contribution in [3.63, 3.8) is 0 Å². The molecule has 0 atom stereocenters. The minimum absolute atomic E-state index is 0.0192. The highest BCUT2D eigenvalue weighted by Crippen LogP contribution is 2.20. The molecule has 0 aliphatic carbocycles. The first kappa shape index (κ1) is 16.8. The van der Waals surface area contributed by atoms with Gasteiger partial charge in [-0.1, -0.05) is 5.16 Å². The Hall–Kier alpha value is -3.03. The van der Waals surface area contributed by atoms with Crippen LogP contribution in [0.3, 0.4) is 0 Å². The Labute approximate surface area is 142 Å². The summed E-state index contributed by atoms with van der Waals surface area (Å²) in [5.41, 5.74) is 1.63. The molecule has 0 spiro atoms. The number of nitrogens with one attached hydrogen (secondary N) is 1. The number of hydrogen-bond donors (Lipinski definition) is 1. The Balaban J connectivity index is 1.90. The average molecular weight is 346 g/mol. The molecule has 0 unspecified atom stereocenters. The maximum atomic E-state index is 13.9. The Morgan fingerprint density at radius 3 is 2.72 bits per heavy atom. The Bertz CT molecular complexity index is 927. The minimum Gasteiger partial charge on any atom is -0.361 e. The first-order valence-electron chi connectivity index (χ1n) is 7.57. The van der Waals surface area contributed by atoms with Gasteiger partial charge in [0.1, 0.15) is 28.8 Å². The monoisotopic (exact) mass is 346 g/mol. The molecular formula is C17H16F2N4O2. The molecule has 1 aromatic carbocycles. The zero-order valence-corrected chi connectivity index (χ0v) is 13.9. The van der Waals surface area contributed by atoms with Crippen molar-refractivity contribution in [3.05, 3.63) is 64.2 Å². The molecule has 3 rings (SSSR count). The van der Waals surface area contributed by atoms with Gasteiger partial charge in [0.15, 0.2) is 0 Å². The van der Waals surface area contributed by atoms with Crippen LogP contribution < -0.4 is 5.32 Å². The van der Waals surface area contributed by atoms with E-state index >= 15 is 0 Å². The molecule has 25 heavy (non-hydrogen) atoms. The summed E-state index contributed by atoms with van der Waals surface area (Å²) in [7, 11) is 0. The standard InChI is InChI=1S/C17H16F2N4O2/c1-9-7-20-23(8-12-6-13(18)4-5-14(12)19)16(9)21-17(24)15-10(2)22-25-11(15)3/h4-7H,8H2,1-3H3,(H,21,24). The number of carbonyl (C=O) groups is 1. The fourth-order valence-corrected chi connectivity index (χ4v) is 2.56. The van der Waals surface area contributed by atoms with Crippen molar-refractivity contribution in [1.82, 2.24) is 14.9 Å². The van der Waals surface area contributed by atoms with Gasteiger partial charge in [-0.25, -0.2) is 13.5 Å². The van der Waals surface area contributed by atoms with Crippen molar-refractivity contribution in [1.29, 1.82) is 0 Å². The van der Waals surface area contributed by atoms with E-state index in [1.807, 2.05) is 0 Å². The van der Waals surface area contributed by atoms with Gasteiger partial charge in [0.2, 0.25) is 0 Å². The van der Waals surface area contributed by atoms with Crippen LogP contribution in [0.5, 0.6) is 0 Å². The highest BCUT2D eigenvalue weighted by molar-refractivity contribution is 6.05. The Morgan fingerprint density at radius 2 is 2.04 bits per heavy atom. The zero-order valence-electron chi connectivity index (χ0n) is 13.9. The summed E-state index contributed by atoms with van der Waals surface area (Å²) in [6, 6.07) is 3.21. The van der Waals surface area contributed by atoms with Crippen molar-refractivity contribution in [2.45, 2.75) is 27.3 Å². The molecule has 2 heterocycles. The highest BCUT2D eigenvalue weighted by atomic mass is 19.1. The second kappa shape index (κ2) is 6.46. The molecule has 3 aromatic rings. The van der Waals surface area contributed by atoms with Gasteiger partial charge in [0, 0.05) is 11.1 Å². The maximum Gasteiger partial charge on any atom is 0.262 e. The molecule has 0 saturated carbocycles. The van der Waals surface area contributed by atoms with Gasteiger partial charge in [-0.05, 0) is 39.0 Å². The van der Waals surface area contributed by atoms with E-state index in [9.17, 15) is 13.6 Å². The fraction of sp³-hybridized carbons (Fsp3) is 0.235. The van der Waals surface area contributed by atoms with Crippen molar-refractivity contribution in [3.8, 4) is 0 Å². The molecule has 0 aliphatic rings. The number of rotatable bonds is 4. The maximum absolute atomic E-state index is 13.9. The second-order valence-electron chi connectivity index (χ2n) is 5.72. The van der Waals surface area contributed by atoms with Gasteiger partial charge >= 0.3 is 0 Å². The lowest BCUT2D eigenvalue weighted by molar-refractivity contribution is 0.102. The molecule has 0 radical (unpaired) electrons. The van der Waals surface area contributed by atoms with E-state index in [0.29, 0.717) is 28.4 Å². The summed E-state index contributed by atoms with van der Waals surface area (Å²) >= 11 is 0. The van der Waals surface area contributed by atoms with Crippen LogP contribution >= 0.6 is 0 Å². The molecule has 2 aromatic heterocycles. The van der Waals surface area contributed by atoms with E-state index in [1.165, 1.54) is 4.68 Å². The molecule has 0 aliphatic heterocycles. The van der Waals surface area contributed by atoms with Crippen LogP contribution in [0.15, 0.2) is 28.9 Å². The van der Waals surface area contributed by atoms with Crippen LogP contribution in [0.2, 0.25) is 0 Å². The third-order valence-electron chi connectivity index (χ3n) is 3.84. The lowest BCUT2D eigenvalue weighted by Gasteiger charge is -2.11. The highest BCUT2D eigenvalue weighted by Gasteiger charge is 2.20. The molecule has 0 bridgehead atoms. The van der Waals surface area contributed by atoms with E-state index in [4.69, 9.17) is 4.52 Å². The largest absolute Gasteiger partial charge is 0.361 e. The predicted octanol–water partition coefficient (Wildman–Crippen LogP) is 3.38. The third-order valence-corrected chi connectivity index (χ3v) is 3.84. The summed E-state index contributed by atoms with van der Waals surface area (Å²) in [6.45, 7) is 5.04. The fourth-order valence-electron chi connectivity index (χ4n) is 2.56. The van der Waals surface area contributed by atoms with E-state index in [2.05, 4.69) is 15.6 Å². The van der Waals surface area contributed by atoms with Crippen LogP contribution in [-0.2, 0) is 6.54 Å². The topological polar surface area (TPSA) is 73.0 Å². The van der Waals surface area contributed by atoms with Crippen LogP contribution in [0.1, 0.15) is 32.9 Å². The number of halogens is 2. The average Bonchev–Trinajstić information content (AvgIpc) is 3.07. The number of aromatic nitrogens is 3. The number of benzene rings is 1. The van der Waals surface area contributed by atoms with E-state index in [0.717, 1.165) is 18.2 Å². The quantitative estimate of drug-likeness (QED) is 0.786. The van der Waals surface area contributed by atoms with Crippen molar-refractivity contribution < 1.29 is 18.1 Å². The normalized spacial score (nSPS) is 10.9. The number of hydrogen-bond acceptors (Lipinski definition) is 4. The van der Waals surface area contributed by atoms with Gasteiger partial charge in [-0.2, -0.15) is 5.10 Å². The smallest absolute Gasteiger partial charge is 0.262 e. The lowest BCUT2D eigenvalue weighted by atomic mass is 10.2. The Kier molecular flexibility index (Phi) is 4.35. The second-order valence-corrected chi connectivity index (χ2v) is 5.72. The van der Waals surface area contributed by atoms with E-state index in [1.54, 1.807) is 27.0 Å². The van der Waals surface area contributed by atoms with Crippen molar-refractivity contribution >= 4 is 11.7 Å². The lowest BCUT2D eigenvalue weighted by Crippen LogP contribution is -2.18. The third kappa shape index (κ3) is 3.28. The summed E-state index contributed by atoms with van der Waals surface area (Å²) < 4.78 is 33.6. The summed E-state index contributed by atoms with van der Waals surface area (Å²) in [5, 5.41) is 10.6. The van der Waals surface area contributed by atoms with Gasteiger partial charge < -0.3 is 9.84 Å². The first-order valence-corrected chi connectivity index (χ1v) is 7.57. The number of aryl methyl sites for hydroxylation is 3. The van der Waals surface area contributed by atoms with Crippen LogP contribution in [0, 0.1) is 32.4 Å². The zero-order chi connectivity index (χ0) is 18.1. The van der Waals surface area contributed by atoms with Crippen LogP contribution in [0.4, 0.5) is 14.6 Å². The van der Waals surface area contributed by atoms with Crippen molar-refractivity contribution in [2.75, 3.05) is 5.32 Å². The number of nitrogens with zero attached hydrogens (tertiary/aromatic N) is 3. The van der Waals surface area contributed by atoms with E-state index < -0.39 is 17.5 Å². The van der Waals surface area contributed by atoms with Gasteiger partial charge in [-0.15, -0.1) is 0 Å². The Morgan fingerprint density at radius 1 is 1.28 bits per heavy atom. The summed E-state index contributed by atoms with van der Waals surface area (Å²) in [4.78, 5) is 12.5. The molecule has 0 saturated heterocycles. The first-order chi connectivity index (χ1) is 11.9. The summed E-state index contributed by atoms with van der Waals surface area (Å²) in [5.74, 6) is -0.691. The minimum atomic E-state index is -0.544. The molecule has 1 amide bonds. The van der Waals surface area contributed by atoms with Gasteiger partial charge in [-0.3, -0.25) is 4.79 Å². The van der Waals surface area contributed by atoms with Gasteiger partial charge in [0.05, 0.1) is 18.4 Å². The molecule has 6 nitrogen and oxygen atoms in total. The van der Waals surface area contributed by atoms with Gasteiger partial charge in [0.25, 0.3) is 5.91 Å². The molecule has 130 valence electrons. The molecule has 1 N–H and O–H groups in total. The predicted molar refractivity (Wildman–Crippen MR) is 86.4 cm³/mol.